The second-order valence-corrected chi connectivity index (χ2v) is 5.38. The van der Waals surface area contributed by atoms with Gasteiger partial charge in [0.2, 0.25) is 5.91 Å². The van der Waals surface area contributed by atoms with Crippen molar-refractivity contribution < 1.29 is 4.79 Å². The maximum Gasteiger partial charge on any atom is 0.246 e. The number of hydrogen-bond donors (Lipinski definition) is 1. The third kappa shape index (κ3) is 4.46. The van der Waals surface area contributed by atoms with Crippen LogP contribution in [0.3, 0.4) is 0 Å². The van der Waals surface area contributed by atoms with Crippen LogP contribution in [0.5, 0.6) is 0 Å². The Morgan fingerprint density at radius 2 is 2.42 bits per heavy atom. The number of halogens is 1. The predicted molar refractivity (Wildman–Crippen MR) is 77.7 cm³/mol. The Morgan fingerprint density at radius 1 is 1.58 bits per heavy atom. The first-order chi connectivity index (χ1) is 9.13. The number of rotatable bonds is 4. The van der Waals surface area contributed by atoms with Crippen LogP contribution in [0.25, 0.3) is 0 Å². The highest BCUT2D eigenvalue weighted by molar-refractivity contribution is 7.09. The summed E-state index contributed by atoms with van der Waals surface area (Å²) in [5.74, 6) is -0.191. The van der Waals surface area contributed by atoms with Gasteiger partial charge in [-0.1, -0.05) is 23.7 Å². The molecule has 1 N–H and O–H groups in total. The molecule has 2 aromatic rings. The number of nitrogens with zero attached hydrogens (tertiary/aromatic N) is 2. The normalized spacial score (nSPS) is 10.8. The smallest absolute Gasteiger partial charge is 0.246 e. The average Bonchev–Trinajstić information content (AvgIpc) is 2.75. The second-order valence-electron chi connectivity index (χ2n) is 3.88. The lowest BCUT2D eigenvalue weighted by molar-refractivity contribution is -0.120. The molecule has 0 unspecified atom stereocenters. The van der Waals surface area contributed by atoms with Gasteiger partial charge in [0.1, 0.15) is 0 Å². The summed E-state index contributed by atoms with van der Waals surface area (Å²) in [4.78, 5) is 15.8. The van der Waals surface area contributed by atoms with E-state index in [1.165, 1.54) is 11.3 Å². The lowest BCUT2D eigenvalue weighted by Gasteiger charge is -1.97. The molecule has 0 radical (unpaired) electrons. The largest absolute Gasteiger partial charge is 0.273 e. The molecule has 0 fully saturated rings. The highest BCUT2D eigenvalue weighted by Gasteiger charge is 2.04. The number of carbonyl (C=O) groups excluding carboxylic acids is 1. The Kier molecular flexibility index (Phi) is 4.65. The van der Waals surface area contributed by atoms with Crippen molar-refractivity contribution >= 4 is 35.1 Å². The van der Waals surface area contributed by atoms with Gasteiger partial charge >= 0.3 is 0 Å². The molecule has 0 bridgehead atoms. The van der Waals surface area contributed by atoms with E-state index in [4.69, 9.17) is 11.6 Å². The van der Waals surface area contributed by atoms with Crippen LogP contribution < -0.4 is 5.43 Å². The first-order valence-electron chi connectivity index (χ1n) is 5.62. The fourth-order valence-electron chi connectivity index (χ4n) is 1.46. The number of aryl methyl sites for hydroxylation is 1. The zero-order chi connectivity index (χ0) is 13.7. The first kappa shape index (κ1) is 13.7. The highest BCUT2D eigenvalue weighted by atomic mass is 35.5. The van der Waals surface area contributed by atoms with Gasteiger partial charge in [-0.05, 0) is 24.6 Å². The molecule has 19 heavy (non-hydrogen) atoms. The molecule has 0 aliphatic carbocycles. The lowest BCUT2D eigenvalue weighted by atomic mass is 10.2. The summed E-state index contributed by atoms with van der Waals surface area (Å²) in [5, 5.41) is 7.33. The number of thiazole rings is 1. The number of benzene rings is 1. The van der Waals surface area contributed by atoms with Crippen LogP contribution in [0, 0.1) is 6.92 Å². The molecular weight excluding hydrogens is 282 g/mol. The van der Waals surface area contributed by atoms with Crippen LogP contribution in [0.2, 0.25) is 5.02 Å². The average molecular weight is 294 g/mol. The number of nitrogens with one attached hydrogen (secondary N) is 1. The van der Waals surface area contributed by atoms with Crippen LogP contribution in [0.15, 0.2) is 34.7 Å². The SMILES string of the molecule is Cc1nc(CC(=O)N/N=C\c2cccc(Cl)c2)cs1. The maximum absolute atomic E-state index is 11.6. The van der Waals surface area contributed by atoms with E-state index in [2.05, 4.69) is 15.5 Å². The van der Waals surface area contributed by atoms with Crippen LogP contribution in [-0.4, -0.2) is 17.1 Å². The van der Waals surface area contributed by atoms with E-state index in [1.807, 2.05) is 24.4 Å². The summed E-state index contributed by atoms with van der Waals surface area (Å²) in [5.41, 5.74) is 4.05. The van der Waals surface area contributed by atoms with Gasteiger partial charge in [0, 0.05) is 10.4 Å². The molecule has 1 aromatic carbocycles. The Bertz CT molecular complexity index is 609. The van der Waals surface area contributed by atoms with E-state index < -0.39 is 0 Å². The fraction of sp³-hybridized carbons (Fsp3) is 0.154. The van der Waals surface area contributed by atoms with Crippen LogP contribution in [0.4, 0.5) is 0 Å². The molecule has 0 aliphatic rings. The zero-order valence-electron chi connectivity index (χ0n) is 10.3. The Hall–Kier alpha value is -1.72. The van der Waals surface area contributed by atoms with Crippen molar-refractivity contribution in [3.05, 3.63) is 50.9 Å². The third-order valence-corrected chi connectivity index (χ3v) is 3.32. The molecule has 6 heteroatoms. The summed E-state index contributed by atoms with van der Waals surface area (Å²) in [6.45, 7) is 1.91. The Balaban J connectivity index is 1.86. The highest BCUT2D eigenvalue weighted by Crippen LogP contribution is 2.09. The molecule has 1 heterocycles. The van der Waals surface area contributed by atoms with Gasteiger partial charge in [-0.15, -0.1) is 11.3 Å². The van der Waals surface area contributed by atoms with E-state index in [-0.39, 0.29) is 12.3 Å². The van der Waals surface area contributed by atoms with Crippen LogP contribution in [0.1, 0.15) is 16.3 Å². The summed E-state index contributed by atoms with van der Waals surface area (Å²) in [6, 6.07) is 7.22. The van der Waals surface area contributed by atoms with Crippen LogP contribution >= 0.6 is 22.9 Å². The molecule has 1 aromatic heterocycles. The zero-order valence-corrected chi connectivity index (χ0v) is 11.8. The van der Waals surface area contributed by atoms with Gasteiger partial charge in [0.25, 0.3) is 0 Å². The van der Waals surface area contributed by atoms with E-state index in [0.717, 1.165) is 16.3 Å². The molecular formula is C13H12ClN3OS. The van der Waals surface area contributed by atoms with Crippen molar-refractivity contribution in [3.8, 4) is 0 Å². The van der Waals surface area contributed by atoms with Gasteiger partial charge in [-0.2, -0.15) is 5.10 Å². The summed E-state index contributed by atoms with van der Waals surface area (Å²) >= 11 is 7.36. The van der Waals surface area contributed by atoms with Gasteiger partial charge < -0.3 is 0 Å². The molecule has 0 atom stereocenters. The van der Waals surface area contributed by atoms with E-state index >= 15 is 0 Å². The maximum atomic E-state index is 11.6. The quantitative estimate of drug-likeness (QED) is 0.696. The molecule has 0 spiro atoms. The Labute approximate surface area is 120 Å². The molecule has 0 aliphatic heterocycles. The van der Waals surface area contributed by atoms with Gasteiger partial charge in [0.15, 0.2) is 0 Å². The standard InChI is InChI=1S/C13H12ClN3OS/c1-9-16-12(8-19-9)6-13(18)17-15-7-10-3-2-4-11(14)5-10/h2-5,7-8H,6H2,1H3,(H,17,18)/b15-7-. The lowest BCUT2D eigenvalue weighted by Crippen LogP contribution is -2.19. The van der Waals surface area contributed by atoms with E-state index in [0.29, 0.717) is 5.02 Å². The number of hydrazone groups is 1. The van der Waals surface area contributed by atoms with Gasteiger partial charge in [0.05, 0.1) is 23.3 Å². The second kappa shape index (κ2) is 6.45. The molecule has 1 amide bonds. The predicted octanol–water partition coefficient (Wildman–Crippen LogP) is 2.80. The molecule has 2 rings (SSSR count). The molecule has 98 valence electrons. The van der Waals surface area contributed by atoms with E-state index in [9.17, 15) is 4.79 Å². The topological polar surface area (TPSA) is 54.4 Å². The minimum atomic E-state index is -0.191. The summed E-state index contributed by atoms with van der Waals surface area (Å²) < 4.78 is 0. The molecule has 0 saturated carbocycles. The van der Waals surface area contributed by atoms with Gasteiger partial charge in [-0.3, -0.25) is 4.79 Å². The summed E-state index contributed by atoms with van der Waals surface area (Å²) in [6.07, 6.45) is 1.79. The fourth-order valence-corrected chi connectivity index (χ4v) is 2.27. The van der Waals surface area contributed by atoms with Crippen molar-refractivity contribution in [1.29, 1.82) is 0 Å². The molecule has 4 nitrogen and oxygen atoms in total. The third-order valence-electron chi connectivity index (χ3n) is 2.26. The summed E-state index contributed by atoms with van der Waals surface area (Å²) in [7, 11) is 0. The number of carbonyl (C=O) groups is 1. The molecule has 0 saturated heterocycles. The van der Waals surface area contributed by atoms with Crippen molar-refractivity contribution in [2.45, 2.75) is 13.3 Å². The number of aromatic nitrogens is 1. The van der Waals surface area contributed by atoms with Crippen molar-refractivity contribution in [3.63, 3.8) is 0 Å². The van der Waals surface area contributed by atoms with E-state index in [1.54, 1.807) is 18.3 Å². The van der Waals surface area contributed by atoms with Crippen LogP contribution in [-0.2, 0) is 11.2 Å². The van der Waals surface area contributed by atoms with Crippen molar-refractivity contribution in [2.75, 3.05) is 0 Å². The minimum absolute atomic E-state index is 0.191. The number of hydrogen-bond acceptors (Lipinski definition) is 4. The number of amides is 1. The first-order valence-corrected chi connectivity index (χ1v) is 6.88. The Morgan fingerprint density at radius 3 is 3.11 bits per heavy atom. The van der Waals surface area contributed by atoms with Gasteiger partial charge in [-0.25, -0.2) is 10.4 Å². The minimum Gasteiger partial charge on any atom is -0.273 e. The monoisotopic (exact) mass is 293 g/mol. The van der Waals surface area contributed by atoms with Crippen molar-refractivity contribution in [2.24, 2.45) is 5.10 Å². The van der Waals surface area contributed by atoms with Crippen molar-refractivity contribution in [1.82, 2.24) is 10.4 Å².